The number of nitrogens with one attached hydrogen (secondary N) is 1. The first-order valence-corrected chi connectivity index (χ1v) is 6.90. The summed E-state index contributed by atoms with van der Waals surface area (Å²) in [5.41, 5.74) is 3.15. The highest BCUT2D eigenvalue weighted by Crippen LogP contribution is 2.33. The summed E-state index contributed by atoms with van der Waals surface area (Å²) >= 11 is 0. The van der Waals surface area contributed by atoms with Crippen molar-refractivity contribution in [2.45, 2.75) is 12.8 Å². The van der Waals surface area contributed by atoms with Gasteiger partial charge in [0.2, 0.25) is 0 Å². The third-order valence-electron chi connectivity index (χ3n) is 4.37. The molecule has 3 aliphatic rings. The van der Waals surface area contributed by atoms with Crippen LogP contribution in [-0.2, 0) is 4.79 Å². The van der Waals surface area contributed by atoms with E-state index in [4.69, 9.17) is 0 Å². The number of hydrogen-bond donors (Lipinski definition) is 1. The van der Waals surface area contributed by atoms with Gasteiger partial charge >= 0.3 is 0 Å². The number of benzene rings is 1. The van der Waals surface area contributed by atoms with Crippen molar-refractivity contribution in [3.05, 3.63) is 41.7 Å². The van der Waals surface area contributed by atoms with Crippen LogP contribution in [0.15, 0.2) is 36.2 Å². The maximum atomic E-state index is 12.3. The lowest BCUT2D eigenvalue weighted by Crippen LogP contribution is -2.45. The Balaban J connectivity index is 1.81. The van der Waals surface area contributed by atoms with E-state index in [1.807, 2.05) is 18.3 Å². The number of para-hydroxylation sites is 1. The fraction of sp³-hybridized carbons (Fsp3) is 0.312. The second-order valence-corrected chi connectivity index (χ2v) is 5.44. The van der Waals surface area contributed by atoms with Gasteiger partial charge in [-0.3, -0.25) is 4.79 Å². The average Bonchev–Trinajstić information content (AvgIpc) is 2.87. The van der Waals surface area contributed by atoms with Crippen molar-refractivity contribution < 1.29 is 4.79 Å². The third kappa shape index (κ3) is 1.61. The van der Waals surface area contributed by atoms with Gasteiger partial charge in [-0.25, -0.2) is 0 Å². The van der Waals surface area contributed by atoms with Gasteiger partial charge < -0.3 is 9.88 Å². The number of H-pyrrole nitrogens is 1. The molecule has 0 unspecified atom stereocenters. The van der Waals surface area contributed by atoms with Gasteiger partial charge in [-0.05, 0) is 25.0 Å². The lowest BCUT2D eigenvalue weighted by Gasteiger charge is -2.41. The highest BCUT2D eigenvalue weighted by Gasteiger charge is 2.36. The first-order valence-electron chi connectivity index (χ1n) is 6.90. The Morgan fingerprint density at radius 1 is 1.21 bits per heavy atom. The molecule has 5 rings (SSSR count). The van der Waals surface area contributed by atoms with E-state index in [0.29, 0.717) is 5.78 Å². The summed E-state index contributed by atoms with van der Waals surface area (Å²) in [4.78, 5) is 17.8. The van der Waals surface area contributed by atoms with Gasteiger partial charge in [-0.15, -0.1) is 0 Å². The highest BCUT2D eigenvalue weighted by molar-refractivity contribution is 6.03. The van der Waals surface area contributed by atoms with E-state index in [2.05, 4.69) is 28.1 Å². The summed E-state index contributed by atoms with van der Waals surface area (Å²) in [5, 5.41) is 1.19. The van der Waals surface area contributed by atoms with Gasteiger partial charge in [-0.2, -0.15) is 0 Å². The predicted octanol–water partition coefficient (Wildman–Crippen LogP) is 2.80. The van der Waals surface area contributed by atoms with Crippen LogP contribution < -0.4 is 0 Å². The molecule has 96 valence electrons. The summed E-state index contributed by atoms with van der Waals surface area (Å²) in [6.07, 6.45) is 6.12. The molecule has 0 spiro atoms. The summed E-state index contributed by atoms with van der Waals surface area (Å²) < 4.78 is 0. The Hall–Kier alpha value is -2.03. The molecule has 1 aromatic heterocycles. The van der Waals surface area contributed by atoms with E-state index in [0.717, 1.165) is 42.7 Å². The molecule has 1 aromatic carbocycles. The monoisotopic (exact) mass is 252 g/mol. The standard InChI is InChI=1S/C16H16N2O/c19-16-11-5-7-18(8-6-11)15(16)9-12-10-17-14-4-2-1-3-13(12)14/h1-4,9-11,17H,5-8H2. The molecular weight excluding hydrogens is 236 g/mol. The van der Waals surface area contributed by atoms with Gasteiger partial charge in [-0.1, -0.05) is 18.2 Å². The molecule has 0 amide bonds. The van der Waals surface area contributed by atoms with Gasteiger partial charge in [0.15, 0.2) is 5.78 Å². The van der Waals surface area contributed by atoms with E-state index in [9.17, 15) is 4.79 Å². The first kappa shape index (κ1) is 10.9. The molecule has 3 heteroatoms. The number of piperidine rings is 3. The van der Waals surface area contributed by atoms with Gasteiger partial charge in [0.05, 0.1) is 5.70 Å². The van der Waals surface area contributed by atoms with Crippen molar-refractivity contribution in [2.24, 2.45) is 5.92 Å². The zero-order valence-electron chi connectivity index (χ0n) is 10.7. The lowest BCUT2D eigenvalue weighted by atomic mass is 9.84. The van der Waals surface area contributed by atoms with Crippen molar-refractivity contribution in [1.29, 1.82) is 0 Å². The normalized spacial score (nSPS) is 21.8. The summed E-state index contributed by atoms with van der Waals surface area (Å²) in [6, 6.07) is 8.21. The minimum atomic E-state index is 0.265. The largest absolute Gasteiger partial charge is 0.369 e. The number of aromatic nitrogens is 1. The molecule has 0 aliphatic carbocycles. The van der Waals surface area contributed by atoms with E-state index in [-0.39, 0.29) is 5.92 Å². The molecule has 2 aromatic rings. The van der Waals surface area contributed by atoms with E-state index in [1.54, 1.807) is 0 Å². The second-order valence-electron chi connectivity index (χ2n) is 5.44. The highest BCUT2D eigenvalue weighted by atomic mass is 16.1. The Bertz CT molecular complexity index is 675. The van der Waals surface area contributed by atoms with Crippen LogP contribution in [0, 0.1) is 5.92 Å². The van der Waals surface area contributed by atoms with Crippen molar-refractivity contribution in [1.82, 2.24) is 9.88 Å². The molecule has 1 N–H and O–H groups in total. The van der Waals surface area contributed by atoms with Crippen molar-refractivity contribution >= 4 is 22.8 Å². The molecule has 3 fully saturated rings. The Labute approximate surface area is 111 Å². The molecule has 0 saturated carbocycles. The Kier molecular flexibility index (Phi) is 2.28. The fourth-order valence-corrected chi connectivity index (χ4v) is 3.27. The van der Waals surface area contributed by atoms with E-state index < -0.39 is 0 Å². The van der Waals surface area contributed by atoms with Crippen molar-refractivity contribution in [3.63, 3.8) is 0 Å². The maximum Gasteiger partial charge on any atom is 0.182 e. The maximum absolute atomic E-state index is 12.3. The summed E-state index contributed by atoms with van der Waals surface area (Å²) in [5.74, 6) is 0.601. The summed E-state index contributed by atoms with van der Waals surface area (Å²) in [6.45, 7) is 2.06. The Morgan fingerprint density at radius 2 is 2.00 bits per heavy atom. The number of allylic oxidation sites excluding steroid dienone is 1. The number of nitrogens with zero attached hydrogens (tertiary/aromatic N) is 1. The molecule has 3 saturated heterocycles. The molecule has 0 radical (unpaired) electrons. The second kappa shape index (κ2) is 3.98. The molecule has 3 nitrogen and oxygen atoms in total. The van der Waals surface area contributed by atoms with Crippen LogP contribution in [0.2, 0.25) is 0 Å². The van der Waals surface area contributed by atoms with Crippen LogP contribution in [-0.4, -0.2) is 28.8 Å². The summed E-state index contributed by atoms with van der Waals surface area (Å²) in [7, 11) is 0. The number of ketones is 1. The molecule has 4 heterocycles. The number of aromatic amines is 1. The lowest BCUT2D eigenvalue weighted by molar-refractivity contribution is -0.125. The molecule has 3 aliphatic heterocycles. The van der Waals surface area contributed by atoms with Gasteiger partial charge in [0.25, 0.3) is 0 Å². The van der Waals surface area contributed by atoms with Crippen LogP contribution >= 0.6 is 0 Å². The number of fused-ring (bicyclic) bond motifs is 4. The first-order chi connectivity index (χ1) is 9.33. The molecule has 0 atom stereocenters. The quantitative estimate of drug-likeness (QED) is 0.792. The number of rotatable bonds is 1. The molecule has 19 heavy (non-hydrogen) atoms. The zero-order valence-corrected chi connectivity index (χ0v) is 10.7. The van der Waals surface area contributed by atoms with Crippen LogP contribution in [0.5, 0.6) is 0 Å². The number of carbonyl (C=O) groups is 1. The average molecular weight is 252 g/mol. The van der Waals surface area contributed by atoms with Crippen molar-refractivity contribution in [2.75, 3.05) is 13.1 Å². The smallest absolute Gasteiger partial charge is 0.182 e. The van der Waals surface area contributed by atoms with Crippen LogP contribution in [0.25, 0.3) is 17.0 Å². The fourth-order valence-electron chi connectivity index (χ4n) is 3.27. The van der Waals surface area contributed by atoms with Crippen LogP contribution in [0.3, 0.4) is 0 Å². The zero-order chi connectivity index (χ0) is 12.8. The minimum Gasteiger partial charge on any atom is -0.369 e. The predicted molar refractivity (Wildman–Crippen MR) is 75.6 cm³/mol. The van der Waals surface area contributed by atoms with E-state index in [1.165, 1.54) is 5.39 Å². The van der Waals surface area contributed by atoms with E-state index >= 15 is 0 Å². The minimum absolute atomic E-state index is 0.265. The topological polar surface area (TPSA) is 36.1 Å². The Morgan fingerprint density at radius 3 is 2.79 bits per heavy atom. The van der Waals surface area contributed by atoms with Gasteiger partial charge in [0, 0.05) is 41.7 Å². The number of hydrogen-bond acceptors (Lipinski definition) is 2. The molecular formula is C16H16N2O. The molecule has 2 bridgehead atoms. The SMILES string of the molecule is O=C1C(=Cc2c[nH]c3ccccc23)N2CCC1CC2. The van der Waals surface area contributed by atoms with Crippen molar-refractivity contribution in [3.8, 4) is 0 Å². The third-order valence-corrected chi connectivity index (χ3v) is 4.37. The number of Topliss-reactive ketones (excluding diaryl/α,β-unsaturated/α-hetero) is 1. The van der Waals surface area contributed by atoms with Gasteiger partial charge in [0.1, 0.15) is 0 Å². The van der Waals surface area contributed by atoms with Crippen LogP contribution in [0.4, 0.5) is 0 Å². The number of carbonyl (C=O) groups excluding carboxylic acids is 1. The van der Waals surface area contributed by atoms with Crippen LogP contribution in [0.1, 0.15) is 18.4 Å².